The van der Waals surface area contributed by atoms with Crippen molar-refractivity contribution in [3.8, 4) is 5.75 Å². The van der Waals surface area contributed by atoms with Gasteiger partial charge in [-0.25, -0.2) is 0 Å². The second kappa shape index (κ2) is 5.14. The quantitative estimate of drug-likeness (QED) is 0.777. The molecule has 1 heterocycles. The highest BCUT2D eigenvalue weighted by Crippen LogP contribution is 2.16. The van der Waals surface area contributed by atoms with E-state index >= 15 is 0 Å². The lowest BCUT2D eigenvalue weighted by Gasteiger charge is -2.04. The van der Waals surface area contributed by atoms with Gasteiger partial charge in [-0.1, -0.05) is 17.7 Å². The van der Waals surface area contributed by atoms with E-state index in [9.17, 15) is 4.79 Å². The molecule has 0 amide bonds. The molecular formula is C12H9ClO2S. The molecule has 0 saturated carbocycles. The lowest BCUT2D eigenvalue weighted by atomic mass is 10.3. The first-order valence-corrected chi connectivity index (χ1v) is 5.96. The normalized spacial score (nSPS) is 10.1. The number of halogens is 1. The molecule has 0 atom stereocenters. The predicted molar refractivity (Wildman–Crippen MR) is 65.6 cm³/mol. The molecule has 2 nitrogen and oxygen atoms in total. The number of carbonyl (C=O) groups is 1. The van der Waals surface area contributed by atoms with Crippen molar-refractivity contribution in [1.82, 2.24) is 0 Å². The highest BCUT2D eigenvalue weighted by Gasteiger charge is 2.07. The maximum Gasteiger partial charge on any atom is 0.210 e. The molecule has 0 unspecified atom stereocenters. The zero-order valence-corrected chi connectivity index (χ0v) is 9.92. The van der Waals surface area contributed by atoms with Crippen molar-refractivity contribution in [3.05, 3.63) is 51.7 Å². The summed E-state index contributed by atoms with van der Waals surface area (Å²) in [6.45, 7) is 0.0577. The third-order valence-corrected chi connectivity index (χ3v) is 3.14. The second-order valence-electron chi connectivity index (χ2n) is 3.14. The summed E-state index contributed by atoms with van der Waals surface area (Å²) >= 11 is 7.15. The number of benzene rings is 1. The maximum absolute atomic E-state index is 11.6. The Hall–Kier alpha value is -1.32. The molecule has 0 N–H and O–H groups in total. The van der Waals surface area contributed by atoms with Crippen molar-refractivity contribution < 1.29 is 9.53 Å². The number of carbonyl (C=O) groups excluding carboxylic acids is 1. The minimum atomic E-state index is -0.00931. The van der Waals surface area contributed by atoms with Gasteiger partial charge in [0.05, 0.1) is 4.88 Å². The van der Waals surface area contributed by atoms with Crippen LogP contribution in [0.15, 0.2) is 41.8 Å². The van der Waals surface area contributed by atoms with Crippen molar-refractivity contribution in [2.75, 3.05) is 6.61 Å². The number of rotatable bonds is 4. The molecule has 0 radical (unpaired) electrons. The Morgan fingerprint density at radius 2 is 2.00 bits per heavy atom. The van der Waals surface area contributed by atoms with Crippen molar-refractivity contribution in [2.24, 2.45) is 0 Å². The summed E-state index contributed by atoms with van der Waals surface area (Å²) in [4.78, 5) is 12.3. The summed E-state index contributed by atoms with van der Waals surface area (Å²) in [6.07, 6.45) is 0. The van der Waals surface area contributed by atoms with Crippen molar-refractivity contribution in [1.29, 1.82) is 0 Å². The average Bonchev–Trinajstić information content (AvgIpc) is 2.81. The fourth-order valence-electron chi connectivity index (χ4n) is 1.19. The highest BCUT2D eigenvalue weighted by atomic mass is 35.5. The van der Waals surface area contributed by atoms with Crippen LogP contribution in [0, 0.1) is 0 Å². The first-order chi connectivity index (χ1) is 7.75. The molecular weight excluding hydrogens is 244 g/mol. The van der Waals surface area contributed by atoms with E-state index in [0.29, 0.717) is 15.6 Å². The number of thiophene rings is 1. The molecule has 1 aromatic carbocycles. The zero-order valence-electron chi connectivity index (χ0n) is 8.35. The Morgan fingerprint density at radius 1 is 1.25 bits per heavy atom. The van der Waals surface area contributed by atoms with Gasteiger partial charge in [0.1, 0.15) is 5.75 Å². The minimum absolute atomic E-state index is 0.00931. The molecule has 4 heteroatoms. The second-order valence-corrected chi connectivity index (χ2v) is 4.53. The van der Waals surface area contributed by atoms with Crippen LogP contribution in [-0.2, 0) is 0 Å². The molecule has 0 aliphatic heterocycles. The number of Topliss-reactive ketones (excluding diaryl/α,β-unsaturated/α-hetero) is 1. The Bertz CT molecular complexity index is 462. The Morgan fingerprint density at radius 3 is 2.62 bits per heavy atom. The van der Waals surface area contributed by atoms with Gasteiger partial charge in [0.15, 0.2) is 6.61 Å². The zero-order chi connectivity index (χ0) is 11.4. The first kappa shape index (κ1) is 11.2. The van der Waals surface area contributed by atoms with Gasteiger partial charge in [0.25, 0.3) is 0 Å². The van der Waals surface area contributed by atoms with E-state index < -0.39 is 0 Å². The summed E-state index contributed by atoms with van der Waals surface area (Å²) in [6, 6.07) is 10.6. The monoisotopic (exact) mass is 252 g/mol. The fraction of sp³-hybridized carbons (Fsp3) is 0.0833. The van der Waals surface area contributed by atoms with Gasteiger partial charge in [-0.2, -0.15) is 0 Å². The molecule has 2 aromatic rings. The van der Waals surface area contributed by atoms with Crippen LogP contribution in [0.1, 0.15) is 9.67 Å². The van der Waals surface area contributed by atoms with Crippen LogP contribution >= 0.6 is 22.9 Å². The summed E-state index contributed by atoms with van der Waals surface area (Å²) in [5.74, 6) is 0.638. The van der Waals surface area contributed by atoms with Gasteiger partial charge in [-0.05, 0) is 35.7 Å². The smallest absolute Gasteiger partial charge is 0.210 e. The summed E-state index contributed by atoms with van der Waals surface area (Å²) in [5.41, 5.74) is 0. The van der Waals surface area contributed by atoms with Crippen LogP contribution < -0.4 is 4.74 Å². The number of ether oxygens (including phenoxy) is 1. The summed E-state index contributed by atoms with van der Waals surface area (Å²) in [5, 5.41) is 2.52. The molecule has 2 rings (SSSR count). The van der Waals surface area contributed by atoms with Gasteiger partial charge in [0, 0.05) is 5.02 Å². The SMILES string of the molecule is O=C(COc1ccc(Cl)cc1)c1cccs1. The number of ketones is 1. The van der Waals surface area contributed by atoms with E-state index in [-0.39, 0.29) is 12.4 Å². The molecule has 82 valence electrons. The minimum Gasteiger partial charge on any atom is -0.485 e. The van der Waals surface area contributed by atoms with Gasteiger partial charge in [0.2, 0.25) is 5.78 Å². The van der Waals surface area contributed by atoms with Crippen molar-refractivity contribution in [2.45, 2.75) is 0 Å². The number of hydrogen-bond acceptors (Lipinski definition) is 3. The van der Waals surface area contributed by atoms with Crippen molar-refractivity contribution >= 4 is 28.7 Å². The molecule has 0 spiro atoms. The largest absolute Gasteiger partial charge is 0.485 e. The van der Waals surface area contributed by atoms with Crippen LogP contribution in [0.3, 0.4) is 0 Å². The Balaban J connectivity index is 1.93. The number of hydrogen-bond donors (Lipinski definition) is 0. The summed E-state index contributed by atoms with van der Waals surface area (Å²) in [7, 11) is 0. The van der Waals surface area contributed by atoms with Crippen LogP contribution in [0.2, 0.25) is 5.02 Å². The average molecular weight is 253 g/mol. The first-order valence-electron chi connectivity index (χ1n) is 4.71. The molecule has 1 aromatic heterocycles. The lowest BCUT2D eigenvalue weighted by molar-refractivity contribution is 0.0925. The molecule has 0 saturated heterocycles. The predicted octanol–water partition coefficient (Wildman–Crippen LogP) is 3.66. The maximum atomic E-state index is 11.6. The Labute approximate surface area is 102 Å². The molecule has 0 aliphatic rings. The lowest BCUT2D eigenvalue weighted by Crippen LogP contribution is -2.09. The third kappa shape index (κ3) is 2.84. The van der Waals surface area contributed by atoms with E-state index in [1.165, 1.54) is 11.3 Å². The van der Waals surface area contributed by atoms with E-state index in [2.05, 4.69) is 0 Å². The molecule has 0 aliphatic carbocycles. The summed E-state index contributed by atoms with van der Waals surface area (Å²) < 4.78 is 5.35. The van der Waals surface area contributed by atoms with Gasteiger partial charge >= 0.3 is 0 Å². The Kier molecular flexibility index (Phi) is 3.59. The van der Waals surface area contributed by atoms with Crippen molar-refractivity contribution in [3.63, 3.8) is 0 Å². The van der Waals surface area contributed by atoms with E-state index in [1.807, 2.05) is 11.4 Å². The van der Waals surface area contributed by atoms with Gasteiger partial charge in [-0.3, -0.25) is 4.79 Å². The van der Waals surface area contributed by atoms with Gasteiger partial charge < -0.3 is 4.74 Å². The highest BCUT2D eigenvalue weighted by molar-refractivity contribution is 7.12. The standard InChI is InChI=1S/C12H9ClO2S/c13-9-3-5-10(6-4-9)15-8-11(14)12-2-1-7-16-12/h1-7H,8H2. The van der Waals surface area contributed by atoms with Crippen LogP contribution in [-0.4, -0.2) is 12.4 Å². The molecule has 0 fully saturated rings. The van der Waals surface area contributed by atoms with E-state index in [0.717, 1.165) is 0 Å². The molecule has 0 bridgehead atoms. The van der Waals surface area contributed by atoms with E-state index in [4.69, 9.17) is 16.3 Å². The topological polar surface area (TPSA) is 26.3 Å². The van der Waals surface area contributed by atoms with Crippen LogP contribution in [0.5, 0.6) is 5.75 Å². The van der Waals surface area contributed by atoms with Crippen LogP contribution in [0.25, 0.3) is 0 Å². The van der Waals surface area contributed by atoms with Crippen LogP contribution in [0.4, 0.5) is 0 Å². The molecule has 16 heavy (non-hydrogen) atoms. The fourth-order valence-corrected chi connectivity index (χ4v) is 1.97. The third-order valence-electron chi connectivity index (χ3n) is 1.98. The van der Waals surface area contributed by atoms with Gasteiger partial charge in [-0.15, -0.1) is 11.3 Å². The van der Waals surface area contributed by atoms with E-state index in [1.54, 1.807) is 30.3 Å².